The van der Waals surface area contributed by atoms with Gasteiger partial charge in [-0.15, -0.1) is 0 Å². The molecule has 1 saturated heterocycles. The number of fused-ring (bicyclic) bond motifs is 1. The summed E-state index contributed by atoms with van der Waals surface area (Å²) in [6.07, 6.45) is 3.70. The minimum atomic E-state index is -0.558. The monoisotopic (exact) mass is 353 g/mol. The van der Waals surface area contributed by atoms with E-state index in [0.717, 1.165) is 11.5 Å². The van der Waals surface area contributed by atoms with Crippen LogP contribution in [0.25, 0.3) is 11.2 Å². The van der Waals surface area contributed by atoms with E-state index < -0.39 is 6.04 Å². The van der Waals surface area contributed by atoms with Crippen molar-refractivity contribution in [1.82, 2.24) is 29.6 Å². The first-order chi connectivity index (χ1) is 12.4. The number of nitrogens with one attached hydrogen (secondary N) is 1. The van der Waals surface area contributed by atoms with Gasteiger partial charge in [0.2, 0.25) is 0 Å². The van der Waals surface area contributed by atoms with Gasteiger partial charge in [0.05, 0.1) is 17.6 Å². The fourth-order valence-corrected chi connectivity index (χ4v) is 3.27. The third kappa shape index (κ3) is 2.61. The summed E-state index contributed by atoms with van der Waals surface area (Å²) in [5, 5.41) is 7.08. The van der Waals surface area contributed by atoms with Gasteiger partial charge in [0.1, 0.15) is 17.4 Å². The van der Waals surface area contributed by atoms with Crippen LogP contribution in [0.3, 0.4) is 0 Å². The number of hydrogen-bond acceptors (Lipinski definition) is 5. The lowest BCUT2D eigenvalue weighted by atomic mass is 10.2. The largest absolute Gasteiger partial charge is 0.340 e. The predicted molar refractivity (Wildman–Crippen MR) is 94.7 cm³/mol. The van der Waals surface area contributed by atoms with Gasteiger partial charge in [0.25, 0.3) is 11.8 Å². The van der Waals surface area contributed by atoms with Crippen molar-refractivity contribution in [2.45, 2.75) is 19.4 Å². The number of aryl methyl sites for hydroxylation is 3. The number of rotatable bonds is 3. The molecule has 0 bridgehead atoms. The summed E-state index contributed by atoms with van der Waals surface area (Å²) in [5.74, 6) is 0.278. The number of nitrogens with zero attached hydrogens (tertiary/aromatic N) is 6. The van der Waals surface area contributed by atoms with E-state index in [1.807, 2.05) is 20.0 Å². The molecule has 0 aromatic carbocycles. The first-order valence-corrected chi connectivity index (χ1v) is 8.34. The van der Waals surface area contributed by atoms with Crippen molar-refractivity contribution >= 4 is 28.8 Å². The third-order valence-corrected chi connectivity index (χ3v) is 4.58. The van der Waals surface area contributed by atoms with Crippen molar-refractivity contribution in [2.75, 3.05) is 11.4 Å². The lowest BCUT2D eigenvalue weighted by Crippen LogP contribution is -2.42. The second kappa shape index (κ2) is 5.94. The molecular weight excluding hydrogens is 334 g/mol. The van der Waals surface area contributed by atoms with E-state index in [2.05, 4.69) is 20.4 Å². The Morgan fingerprint density at radius 3 is 2.81 bits per heavy atom. The van der Waals surface area contributed by atoms with Crippen LogP contribution in [0.1, 0.15) is 22.5 Å². The van der Waals surface area contributed by atoms with Gasteiger partial charge in [-0.2, -0.15) is 5.10 Å². The Balaban J connectivity index is 1.50. The first kappa shape index (κ1) is 16.2. The minimum absolute atomic E-state index is 0.131. The van der Waals surface area contributed by atoms with Gasteiger partial charge in [0.15, 0.2) is 5.65 Å². The van der Waals surface area contributed by atoms with Gasteiger partial charge < -0.3 is 9.88 Å². The Bertz CT molecular complexity index is 1020. The Kier molecular flexibility index (Phi) is 3.71. The molecule has 9 nitrogen and oxygen atoms in total. The molecule has 134 valence electrons. The average molecular weight is 353 g/mol. The van der Waals surface area contributed by atoms with E-state index in [-0.39, 0.29) is 11.8 Å². The number of hydrogen-bond donors (Lipinski definition) is 1. The molecule has 0 spiro atoms. The van der Waals surface area contributed by atoms with Crippen molar-refractivity contribution in [3.63, 3.8) is 0 Å². The van der Waals surface area contributed by atoms with E-state index in [0.29, 0.717) is 29.7 Å². The highest BCUT2D eigenvalue weighted by Gasteiger charge is 2.35. The van der Waals surface area contributed by atoms with E-state index in [9.17, 15) is 9.59 Å². The van der Waals surface area contributed by atoms with Crippen LogP contribution in [0.5, 0.6) is 0 Å². The fraction of sp³-hybridized carbons (Fsp3) is 0.353. The number of aromatic nitrogens is 5. The summed E-state index contributed by atoms with van der Waals surface area (Å²) < 4.78 is 3.46. The molecule has 0 aliphatic carbocycles. The highest BCUT2D eigenvalue weighted by molar-refractivity contribution is 6.04. The molecule has 0 saturated carbocycles. The number of anilines is 1. The number of pyridine rings is 1. The second-order valence-corrected chi connectivity index (χ2v) is 6.49. The average Bonchev–Trinajstić information content (AvgIpc) is 3.26. The minimum Gasteiger partial charge on any atom is -0.340 e. The topological polar surface area (TPSA) is 97.9 Å². The second-order valence-electron chi connectivity index (χ2n) is 6.49. The highest BCUT2D eigenvalue weighted by Crippen LogP contribution is 2.22. The van der Waals surface area contributed by atoms with Crippen molar-refractivity contribution < 1.29 is 9.59 Å². The van der Waals surface area contributed by atoms with Gasteiger partial charge in [-0.1, -0.05) is 0 Å². The molecule has 1 aliphatic heterocycles. The zero-order valence-electron chi connectivity index (χ0n) is 14.8. The molecule has 26 heavy (non-hydrogen) atoms. The van der Waals surface area contributed by atoms with Crippen molar-refractivity contribution in [3.05, 3.63) is 35.9 Å². The van der Waals surface area contributed by atoms with E-state index in [1.165, 1.54) is 6.20 Å². The zero-order chi connectivity index (χ0) is 18.4. The number of imidazole rings is 1. The molecule has 9 heteroatoms. The maximum absolute atomic E-state index is 12.7. The molecule has 1 N–H and O–H groups in total. The summed E-state index contributed by atoms with van der Waals surface area (Å²) in [6, 6.07) is 2.98. The van der Waals surface area contributed by atoms with Gasteiger partial charge in [0, 0.05) is 32.9 Å². The molecule has 4 rings (SSSR count). The maximum atomic E-state index is 12.7. The van der Waals surface area contributed by atoms with Crippen LogP contribution in [0.15, 0.2) is 24.7 Å². The van der Waals surface area contributed by atoms with E-state index in [4.69, 9.17) is 0 Å². The molecule has 2 amide bonds. The molecule has 1 aliphatic rings. The zero-order valence-corrected chi connectivity index (χ0v) is 14.8. The van der Waals surface area contributed by atoms with Crippen molar-refractivity contribution in [3.8, 4) is 0 Å². The van der Waals surface area contributed by atoms with Crippen LogP contribution >= 0.6 is 0 Å². The maximum Gasteiger partial charge on any atom is 0.253 e. The van der Waals surface area contributed by atoms with Crippen LogP contribution < -0.4 is 10.2 Å². The van der Waals surface area contributed by atoms with Crippen LogP contribution in [0, 0.1) is 6.92 Å². The third-order valence-electron chi connectivity index (χ3n) is 4.58. The molecule has 3 aromatic heterocycles. The predicted octanol–water partition coefficient (Wildman–Crippen LogP) is 0.546. The van der Waals surface area contributed by atoms with Gasteiger partial charge in [-0.3, -0.25) is 19.2 Å². The van der Waals surface area contributed by atoms with Crippen LogP contribution in [0.2, 0.25) is 0 Å². The molecule has 1 fully saturated rings. The van der Waals surface area contributed by atoms with Crippen LogP contribution in [-0.4, -0.2) is 48.7 Å². The summed E-state index contributed by atoms with van der Waals surface area (Å²) in [5.41, 5.74) is 2.58. The molecular formula is C17H19N7O2. The highest BCUT2D eigenvalue weighted by atomic mass is 16.2. The molecule has 4 heterocycles. The summed E-state index contributed by atoms with van der Waals surface area (Å²) in [7, 11) is 3.64. The van der Waals surface area contributed by atoms with Crippen LogP contribution in [-0.2, 0) is 18.9 Å². The Hall–Kier alpha value is -3.23. The Morgan fingerprint density at radius 2 is 2.08 bits per heavy atom. The van der Waals surface area contributed by atoms with E-state index >= 15 is 0 Å². The SMILES string of the molecule is Cc1cc(N2CCC(NC(=O)c3cnc4c(c3)ncn4C)C2=O)n(C)n1. The Morgan fingerprint density at radius 1 is 1.27 bits per heavy atom. The summed E-state index contributed by atoms with van der Waals surface area (Å²) >= 11 is 0. The smallest absolute Gasteiger partial charge is 0.253 e. The Labute approximate surface area is 149 Å². The lowest BCUT2D eigenvalue weighted by Gasteiger charge is -2.17. The van der Waals surface area contributed by atoms with Gasteiger partial charge in [-0.25, -0.2) is 9.97 Å². The summed E-state index contributed by atoms with van der Waals surface area (Å²) in [4.78, 5) is 35.4. The molecule has 3 aromatic rings. The number of carbonyl (C=O) groups excluding carboxylic acids is 2. The van der Waals surface area contributed by atoms with Crippen LogP contribution in [0.4, 0.5) is 5.82 Å². The molecule has 1 unspecified atom stereocenters. The van der Waals surface area contributed by atoms with Crippen molar-refractivity contribution in [1.29, 1.82) is 0 Å². The first-order valence-electron chi connectivity index (χ1n) is 8.34. The van der Waals surface area contributed by atoms with E-state index in [1.54, 1.807) is 33.6 Å². The van der Waals surface area contributed by atoms with Gasteiger partial charge >= 0.3 is 0 Å². The standard InChI is InChI=1S/C17H19N7O2/c1-10-6-14(23(3)21-10)24-5-4-12(17(24)26)20-16(25)11-7-13-15(18-8-11)22(2)9-19-13/h6-9,12H,4-5H2,1-3H3,(H,20,25). The van der Waals surface area contributed by atoms with Crippen molar-refractivity contribution in [2.24, 2.45) is 14.1 Å². The lowest BCUT2D eigenvalue weighted by molar-refractivity contribution is -0.118. The van der Waals surface area contributed by atoms with Gasteiger partial charge in [-0.05, 0) is 19.4 Å². The summed E-state index contributed by atoms with van der Waals surface area (Å²) in [6.45, 7) is 2.42. The number of amides is 2. The quantitative estimate of drug-likeness (QED) is 0.741. The molecule has 0 radical (unpaired) electrons. The normalized spacial score (nSPS) is 17.3. The number of carbonyl (C=O) groups is 2. The molecule has 1 atom stereocenters. The fourth-order valence-electron chi connectivity index (χ4n) is 3.27.